The van der Waals surface area contributed by atoms with Gasteiger partial charge in [-0.1, -0.05) is 18.2 Å². The van der Waals surface area contributed by atoms with E-state index in [1.807, 2.05) is 0 Å². The molecule has 0 saturated carbocycles. The van der Waals surface area contributed by atoms with Gasteiger partial charge in [0, 0.05) is 18.3 Å². The summed E-state index contributed by atoms with van der Waals surface area (Å²) in [6.45, 7) is 1.58. The lowest BCUT2D eigenvalue weighted by molar-refractivity contribution is 0.0956. The predicted molar refractivity (Wildman–Crippen MR) is 91.6 cm³/mol. The van der Waals surface area contributed by atoms with Crippen molar-refractivity contribution >= 4 is 22.2 Å². The van der Waals surface area contributed by atoms with Crippen molar-refractivity contribution in [2.75, 3.05) is 7.05 Å². The number of benzene rings is 1. The van der Waals surface area contributed by atoms with E-state index in [0.29, 0.717) is 4.88 Å². The van der Waals surface area contributed by atoms with Crippen LogP contribution in [-0.4, -0.2) is 22.3 Å². The summed E-state index contributed by atoms with van der Waals surface area (Å²) in [5, 5.41) is 2.36. The molecule has 0 bridgehead atoms. The molecule has 0 atom stereocenters. The molecule has 0 radical (unpaired) electrons. The number of aromatic nitrogens is 2. The fourth-order valence-electron chi connectivity index (χ4n) is 2.71. The molecule has 10 heteroatoms. The van der Waals surface area contributed by atoms with Gasteiger partial charge in [-0.3, -0.25) is 9.59 Å². The Morgan fingerprint density at radius 2 is 2.00 bits per heavy atom. The molecule has 3 rings (SSSR count). The number of nitrogens with one attached hydrogen (secondary N) is 1. The summed E-state index contributed by atoms with van der Waals surface area (Å²) >= 11 is 0.993. The molecule has 1 N–H and O–H groups in total. The summed E-state index contributed by atoms with van der Waals surface area (Å²) in [5.41, 5.74) is -2.54. The highest BCUT2D eigenvalue weighted by Gasteiger charge is 2.23. The Morgan fingerprint density at radius 3 is 2.63 bits per heavy atom. The molecule has 142 valence electrons. The zero-order chi connectivity index (χ0) is 19.9. The third-order valence-corrected chi connectivity index (χ3v) is 4.97. The van der Waals surface area contributed by atoms with Gasteiger partial charge in [-0.05, 0) is 12.5 Å². The van der Waals surface area contributed by atoms with Crippen molar-refractivity contribution in [1.82, 2.24) is 14.7 Å². The van der Waals surface area contributed by atoms with Crippen LogP contribution in [0.4, 0.5) is 17.6 Å². The summed E-state index contributed by atoms with van der Waals surface area (Å²) in [5.74, 6) is -3.01. The van der Waals surface area contributed by atoms with Crippen LogP contribution in [0.5, 0.6) is 0 Å². The molecule has 5 nitrogen and oxygen atoms in total. The number of hydrogen-bond acceptors (Lipinski definition) is 4. The second-order valence-corrected chi connectivity index (χ2v) is 6.86. The number of fused-ring (bicyclic) bond motifs is 1. The second-order valence-electron chi connectivity index (χ2n) is 5.68. The topological polar surface area (TPSA) is 63.5 Å². The second kappa shape index (κ2) is 7.10. The van der Waals surface area contributed by atoms with Crippen molar-refractivity contribution in [3.8, 4) is 0 Å². The van der Waals surface area contributed by atoms with Gasteiger partial charge >= 0.3 is 0 Å². The van der Waals surface area contributed by atoms with E-state index in [-0.39, 0.29) is 21.9 Å². The first-order valence-electron chi connectivity index (χ1n) is 7.74. The largest absolute Gasteiger partial charge is 0.354 e. The van der Waals surface area contributed by atoms with Crippen LogP contribution in [0.2, 0.25) is 0 Å². The van der Waals surface area contributed by atoms with Crippen molar-refractivity contribution in [3.05, 3.63) is 67.6 Å². The predicted octanol–water partition coefficient (Wildman–Crippen LogP) is 3.23. The van der Waals surface area contributed by atoms with E-state index >= 15 is 0 Å². The summed E-state index contributed by atoms with van der Waals surface area (Å²) in [6.07, 6.45) is -3.50. The number of aryl methyl sites for hydroxylation is 1. The first-order valence-corrected chi connectivity index (χ1v) is 8.56. The van der Waals surface area contributed by atoms with Crippen LogP contribution in [-0.2, 0) is 6.42 Å². The number of alkyl halides is 2. The Morgan fingerprint density at radius 1 is 1.30 bits per heavy atom. The molecule has 0 unspecified atom stereocenters. The molecular formula is C17H13F4N3O2S. The Hall–Kier alpha value is -2.75. The minimum Gasteiger partial charge on any atom is -0.354 e. The molecule has 2 aromatic heterocycles. The molecular weight excluding hydrogens is 386 g/mol. The highest BCUT2D eigenvalue weighted by molar-refractivity contribution is 7.17. The van der Waals surface area contributed by atoms with Crippen LogP contribution in [0.15, 0.2) is 23.0 Å². The molecule has 1 aromatic carbocycles. The molecule has 1 amide bonds. The van der Waals surface area contributed by atoms with Crippen molar-refractivity contribution in [1.29, 1.82) is 0 Å². The third-order valence-electron chi connectivity index (χ3n) is 4.01. The SMILES string of the molecule is CNC(=O)c1c(C)sc2nc(Cc3cccc(C(F)F)c3F)c(F)c(=O)n12. The van der Waals surface area contributed by atoms with Crippen LogP contribution in [0.25, 0.3) is 4.96 Å². The smallest absolute Gasteiger partial charge is 0.295 e. The molecule has 2 heterocycles. The van der Waals surface area contributed by atoms with Crippen LogP contribution in [0.3, 0.4) is 0 Å². The van der Waals surface area contributed by atoms with Crippen molar-refractivity contribution in [2.45, 2.75) is 19.8 Å². The quantitative estimate of drug-likeness (QED) is 0.686. The van der Waals surface area contributed by atoms with Gasteiger partial charge < -0.3 is 5.32 Å². The lowest BCUT2D eigenvalue weighted by Gasteiger charge is -2.08. The number of amides is 1. The summed E-state index contributed by atoms with van der Waals surface area (Å²) in [4.78, 5) is 28.9. The van der Waals surface area contributed by atoms with E-state index in [4.69, 9.17) is 0 Å². The average molecular weight is 399 g/mol. The Kier molecular flexibility index (Phi) is 5.01. The number of carbonyl (C=O) groups is 1. The van der Waals surface area contributed by atoms with Crippen molar-refractivity contribution in [2.24, 2.45) is 0 Å². The van der Waals surface area contributed by atoms with Gasteiger partial charge in [0.15, 0.2) is 4.96 Å². The monoisotopic (exact) mass is 399 g/mol. The maximum Gasteiger partial charge on any atom is 0.295 e. The van der Waals surface area contributed by atoms with E-state index in [9.17, 15) is 27.2 Å². The van der Waals surface area contributed by atoms with Crippen LogP contribution in [0.1, 0.15) is 38.6 Å². The number of hydrogen-bond donors (Lipinski definition) is 1. The van der Waals surface area contributed by atoms with Gasteiger partial charge in [0.05, 0.1) is 11.3 Å². The highest BCUT2D eigenvalue weighted by Crippen LogP contribution is 2.26. The molecule has 3 aromatic rings. The maximum atomic E-state index is 14.6. The lowest BCUT2D eigenvalue weighted by Crippen LogP contribution is -2.28. The fourth-order valence-corrected chi connectivity index (χ4v) is 3.69. The van der Waals surface area contributed by atoms with Crippen LogP contribution in [0, 0.1) is 18.6 Å². The first kappa shape index (κ1) is 19.0. The minimum absolute atomic E-state index is 0.0358. The van der Waals surface area contributed by atoms with Crippen LogP contribution < -0.4 is 10.9 Å². The average Bonchev–Trinajstić information content (AvgIpc) is 2.96. The number of thiazole rings is 1. The molecule has 0 saturated heterocycles. The Balaban J connectivity index is 2.16. The van der Waals surface area contributed by atoms with Gasteiger partial charge in [0.25, 0.3) is 17.9 Å². The first-order chi connectivity index (χ1) is 12.8. The number of halogens is 4. The third kappa shape index (κ3) is 3.20. The van der Waals surface area contributed by atoms with Gasteiger partial charge in [-0.25, -0.2) is 22.6 Å². The molecule has 0 aliphatic carbocycles. The van der Waals surface area contributed by atoms with E-state index < -0.39 is 41.5 Å². The summed E-state index contributed by atoms with van der Waals surface area (Å²) < 4.78 is 55.3. The minimum atomic E-state index is -3.02. The Bertz CT molecular complexity index is 1110. The van der Waals surface area contributed by atoms with Gasteiger partial charge in [0.2, 0.25) is 5.82 Å². The van der Waals surface area contributed by atoms with E-state index in [1.54, 1.807) is 6.92 Å². The highest BCUT2D eigenvalue weighted by atomic mass is 32.1. The summed E-state index contributed by atoms with van der Waals surface area (Å²) in [6, 6.07) is 3.38. The van der Waals surface area contributed by atoms with E-state index in [1.165, 1.54) is 19.2 Å². The molecule has 0 aliphatic heterocycles. The van der Waals surface area contributed by atoms with Crippen molar-refractivity contribution in [3.63, 3.8) is 0 Å². The number of carbonyl (C=O) groups excluding carboxylic acids is 1. The maximum absolute atomic E-state index is 14.6. The molecule has 27 heavy (non-hydrogen) atoms. The van der Waals surface area contributed by atoms with Gasteiger partial charge in [-0.2, -0.15) is 4.39 Å². The molecule has 0 aliphatic rings. The van der Waals surface area contributed by atoms with E-state index in [0.717, 1.165) is 21.8 Å². The van der Waals surface area contributed by atoms with Crippen LogP contribution >= 0.6 is 11.3 Å². The number of rotatable bonds is 4. The van der Waals surface area contributed by atoms with Crippen molar-refractivity contribution < 1.29 is 22.4 Å². The zero-order valence-electron chi connectivity index (χ0n) is 14.1. The van der Waals surface area contributed by atoms with Gasteiger partial charge in [-0.15, -0.1) is 11.3 Å². The molecule has 0 spiro atoms. The fraction of sp³-hybridized carbons (Fsp3) is 0.235. The normalized spacial score (nSPS) is 11.4. The van der Waals surface area contributed by atoms with Gasteiger partial charge in [0.1, 0.15) is 11.5 Å². The standard InChI is InChI=1S/C17H13F4N3O2S/c1-7-13(15(25)22-2)24-16(26)12(19)10(23-17(24)27-7)6-8-4-3-5-9(11(8)18)14(20)21/h3-5,14H,6H2,1-2H3,(H,22,25). The lowest BCUT2D eigenvalue weighted by atomic mass is 10.0. The zero-order valence-corrected chi connectivity index (χ0v) is 15.0. The number of nitrogens with zero attached hydrogens (tertiary/aromatic N) is 2. The molecule has 0 fully saturated rings. The summed E-state index contributed by atoms with van der Waals surface area (Å²) in [7, 11) is 1.37. The Labute approximate surface area is 154 Å². The van der Waals surface area contributed by atoms with E-state index in [2.05, 4.69) is 10.3 Å².